The summed E-state index contributed by atoms with van der Waals surface area (Å²) in [6.07, 6.45) is 4.59. The van der Waals surface area contributed by atoms with E-state index >= 15 is 0 Å². The lowest BCUT2D eigenvalue weighted by Gasteiger charge is -2.03. The van der Waals surface area contributed by atoms with Crippen molar-refractivity contribution in [3.05, 3.63) is 30.1 Å². The number of hydrogen-bond acceptors (Lipinski definition) is 2. The molecule has 1 aromatic carbocycles. The molecular weight excluding hydrogens is 186 g/mol. The van der Waals surface area contributed by atoms with Crippen molar-refractivity contribution in [2.24, 2.45) is 0 Å². The minimum absolute atomic E-state index is 0.708. The molecule has 3 nitrogen and oxygen atoms in total. The second kappa shape index (κ2) is 3.35. The van der Waals surface area contributed by atoms with Crippen molar-refractivity contribution in [2.75, 3.05) is 7.05 Å². The molecule has 0 spiro atoms. The number of fused-ring (bicyclic) bond motifs is 1. The van der Waals surface area contributed by atoms with Gasteiger partial charge in [-0.1, -0.05) is 6.07 Å². The Morgan fingerprint density at radius 3 is 3.07 bits per heavy atom. The van der Waals surface area contributed by atoms with E-state index < -0.39 is 0 Å². The molecule has 1 aliphatic carbocycles. The second-order valence-electron chi connectivity index (χ2n) is 4.24. The summed E-state index contributed by atoms with van der Waals surface area (Å²) < 4.78 is 2.31. The third kappa shape index (κ3) is 1.53. The smallest absolute Gasteiger partial charge is 0.0960 e. The van der Waals surface area contributed by atoms with E-state index in [4.69, 9.17) is 0 Å². The van der Waals surface area contributed by atoms with E-state index in [0.717, 1.165) is 12.1 Å². The monoisotopic (exact) mass is 201 g/mol. The van der Waals surface area contributed by atoms with Crippen LogP contribution in [-0.2, 0) is 6.54 Å². The van der Waals surface area contributed by atoms with Crippen molar-refractivity contribution in [1.29, 1.82) is 0 Å². The molecule has 0 aliphatic heterocycles. The molecule has 1 aliphatic rings. The zero-order chi connectivity index (χ0) is 10.3. The van der Waals surface area contributed by atoms with Gasteiger partial charge in [-0.25, -0.2) is 4.98 Å². The quantitative estimate of drug-likeness (QED) is 0.824. The van der Waals surface area contributed by atoms with Crippen molar-refractivity contribution < 1.29 is 0 Å². The van der Waals surface area contributed by atoms with Gasteiger partial charge in [0.25, 0.3) is 0 Å². The predicted octanol–water partition coefficient (Wildman–Crippen LogP) is 2.09. The summed E-state index contributed by atoms with van der Waals surface area (Å²) in [7, 11) is 1.97. The Balaban J connectivity index is 2.09. The number of rotatable bonds is 3. The Hall–Kier alpha value is -1.35. The molecule has 3 heteroatoms. The van der Waals surface area contributed by atoms with E-state index in [-0.39, 0.29) is 0 Å². The summed E-state index contributed by atoms with van der Waals surface area (Å²) in [5, 5.41) is 3.18. The van der Waals surface area contributed by atoms with Gasteiger partial charge < -0.3 is 9.88 Å². The first-order chi connectivity index (χ1) is 7.38. The lowest BCUT2D eigenvalue weighted by Crippen LogP contribution is -2.04. The molecule has 0 bridgehead atoms. The molecule has 2 aromatic rings. The molecule has 15 heavy (non-hydrogen) atoms. The molecule has 0 radical (unpaired) electrons. The minimum Gasteiger partial charge on any atom is -0.327 e. The van der Waals surface area contributed by atoms with Gasteiger partial charge in [0.1, 0.15) is 0 Å². The Kier molecular flexibility index (Phi) is 1.99. The van der Waals surface area contributed by atoms with Crippen LogP contribution in [0.5, 0.6) is 0 Å². The van der Waals surface area contributed by atoms with Crippen LogP contribution in [0.4, 0.5) is 0 Å². The number of hydrogen-bond donors (Lipinski definition) is 1. The van der Waals surface area contributed by atoms with Gasteiger partial charge in [0.15, 0.2) is 0 Å². The molecule has 78 valence electrons. The van der Waals surface area contributed by atoms with Crippen LogP contribution in [0, 0.1) is 0 Å². The summed E-state index contributed by atoms with van der Waals surface area (Å²) in [5.41, 5.74) is 3.72. The van der Waals surface area contributed by atoms with Gasteiger partial charge in [-0.3, -0.25) is 0 Å². The minimum atomic E-state index is 0.708. The molecular formula is C12H15N3. The standard InChI is InChI=1S/C12H15N3/c1-13-7-9-2-5-11-12(6-9)15(8-14-11)10-3-4-10/h2,5-6,8,10,13H,3-4,7H2,1H3. The molecule has 0 saturated heterocycles. The highest BCUT2D eigenvalue weighted by molar-refractivity contribution is 5.76. The van der Waals surface area contributed by atoms with Crippen molar-refractivity contribution >= 4 is 11.0 Å². The lowest BCUT2D eigenvalue weighted by molar-refractivity contribution is 0.763. The fourth-order valence-electron chi connectivity index (χ4n) is 2.03. The number of nitrogens with one attached hydrogen (secondary N) is 1. The maximum absolute atomic E-state index is 4.42. The molecule has 1 heterocycles. The molecule has 1 saturated carbocycles. The summed E-state index contributed by atoms with van der Waals surface area (Å²) in [4.78, 5) is 4.42. The first-order valence-corrected chi connectivity index (χ1v) is 5.48. The van der Waals surface area contributed by atoms with Crippen LogP contribution in [0.3, 0.4) is 0 Å². The van der Waals surface area contributed by atoms with Gasteiger partial charge in [-0.15, -0.1) is 0 Å². The molecule has 0 atom stereocenters. The number of benzene rings is 1. The maximum Gasteiger partial charge on any atom is 0.0960 e. The van der Waals surface area contributed by atoms with Gasteiger partial charge in [0, 0.05) is 12.6 Å². The Morgan fingerprint density at radius 1 is 1.47 bits per heavy atom. The van der Waals surface area contributed by atoms with Crippen LogP contribution in [0.1, 0.15) is 24.4 Å². The molecule has 3 rings (SSSR count). The van der Waals surface area contributed by atoms with Crippen molar-refractivity contribution in [3.8, 4) is 0 Å². The molecule has 0 amide bonds. The van der Waals surface area contributed by atoms with E-state index in [1.165, 1.54) is 23.9 Å². The van der Waals surface area contributed by atoms with Gasteiger partial charge in [0.05, 0.1) is 17.4 Å². The summed E-state index contributed by atoms with van der Waals surface area (Å²) in [6, 6.07) is 7.21. The van der Waals surface area contributed by atoms with E-state index in [2.05, 4.69) is 33.1 Å². The second-order valence-corrected chi connectivity index (χ2v) is 4.24. The number of nitrogens with zero attached hydrogens (tertiary/aromatic N) is 2. The third-order valence-electron chi connectivity index (χ3n) is 2.96. The zero-order valence-corrected chi connectivity index (χ0v) is 8.90. The highest BCUT2D eigenvalue weighted by Crippen LogP contribution is 2.37. The van der Waals surface area contributed by atoms with Gasteiger partial charge in [0.2, 0.25) is 0 Å². The zero-order valence-electron chi connectivity index (χ0n) is 8.90. The highest BCUT2D eigenvalue weighted by atomic mass is 15.1. The number of aromatic nitrogens is 2. The summed E-state index contributed by atoms with van der Waals surface area (Å²) in [5.74, 6) is 0. The Labute approximate surface area is 89.1 Å². The van der Waals surface area contributed by atoms with Gasteiger partial charge >= 0.3 is 0 Å². The SMILES string of the molecule is CNCc1ccc2ncn(C3CC3)c2c1. The Bertz CT molecular complexity index is 483. The lowest BCUT2D eigenvalue weighted by atomic mass is 10.2. The van der Waals surface area contributed by atoms with E-state index in [1.807, 2.05) is 13.4 Å². The normalized spacial score (nSPS) is 16.1. The summed E-state index contributed by atoms with van der Waals surface area (Å²) >= 11 is 0. The van der Waals surface area contributed by atoms with Crippen molar-refractivity contribution in [2.45, 2.75) is 25.4 Å². The first kappa shape index (κ1) is 8.92. The Morgan fingerprint density at radius 2 is 2.33 bits per heavy atom. The van der Waals surface area contributed by atoms with Gasteiger partial charge in [-0.05, 0) is 37.6 Å². The van der Waals surface area contributed by atoms with Crippen LogP contribution in [0.15, 0.2) is 24.5 Å². The molecule has 0 unspecified atom stereocenters. The van der Waals surface area contributed by atoms with E-state index in [0.29, 0.717) is 6.04 Å². The molecule has 1 aromatic heterocycles. The van der Waals surface area contributed by atoms with Gasteiger partial charge in [-0.2, -0.15) is 0 Å². The van der Waals surface area contributed by atoms with E-state index in [1.54, 1.807) is 0 Å². The first-order valence-electron chi connectivity index (χ1n) is 5.48. The van der Waals surface area contributed by atoms with Crippen molar-refractivity contribution in [3.63, 3.8) is 0 Å². The fourth-order valence-corrected chi connectivity index (χ4v) is 2.03. The van der Waals surface area contributed by atoms with E-state index in [9.17, 15) is 0 Å². The van der Waals surface area contributed by atoms with Crippen LogP contribution >= 0.6 is 0 Å². The molecule has 1 fully saturated rings. The number of imidazole rings is 1. The maximum atomic E-state index is 4.42. The summed E-state index contributed by atoms with van der Waals surface area (Å²) in [6.45, 7) is 0.922. The van der Waals surface area contributed by atoms with Crippen LogP contribution < -0.4 is 5.32 Å². The average molecular weight is 201 g/mol. The average Bonchev–Trinajstić information content (AvgIpc) is 3.00. The molecule has 1 N–H and O–H groups in total. The van der Waals surface area contributed by atoms with Crippen LogP contribution in [-0.4, -0.2) is 16.6 Å². The predicted molar refractivity (Wildman–Crippen MR) is 60.8 cm³/mol. The van der Waals surface area contributed by atoms with Crippen LogP contribution in [0.25, 0.3) is 11.0 Å². The van der Waals surface area contributed by atoms with Crippen molar-refractivity contribution in [1.82, 2.24) is 14.9 Å². The largest absolute Gasteiger partial charge is 0.327 e. The highest BCUT2D eigenvalue weighted by Gasteiger charge is 2.24. The van der Waals surface area contributed by atoms with Crippen LogP contribution in [0.2, 0.25) is 0 Å². The topological polar surface area (TPSA) is 29.9 Å². The third-order valence-corrected chi connectivity index (χ3v) is 2.96. The fraction of sp³-hybridized carbons (Fsp3) is 0.417.